The molecular weight excluding hydrogens is 132 g/mol. The summed E-state index contributed by atoms with van der Waals surface area (Å²) < 4.78 is 0. The van der Waals surface area contributed by atoms with Crippen LogP contribution in [0.2, 0.25) is 0 Å². The smallest absolute Gasteiger partial charge is 0.0730 e. The topological polar surface area (TPSA) is 0 Å². The average molecular weight is 144 g/mol. The van der Waals surface area contributed by atoms with Crippen molar-refractivity contribution in [2.45, 2.75) is 32.1 Å². The van der Waals surface area contributed by atoms with E-state index in [0.717, 1.165) is 18.4 Å². The molecule has 1 rings (SSSR count). The van der Waals surface area contributed by atoms with E-state index in [1.54, 1.807) is 0 Å². The highest BCUT2D eigenvalue weighted by Gasteiger charge is 2.07. The van der Waals surface area contributed by atoms with Crippen molar-refractivity contribution in [3.8, 4) is 24.7 Å². The second-order valence-corrected chi connectivity index (χ2v) is 2.83. The highest BCUT2D eigenvalue weighted by atomic mass is 14.1. The van der Waals surface area contributed by atoms with Gasteiger partial charge in [-0.05, 0) is 31.3 Å². The lowest BCUT2D eigenvalue weighted by Crippen LogP contribution is -1.96. The van der Waals surface area contributed by atoms with Gasteiger partial charge in [0.2, 0.25) is 0 Å². The molecule has 0 aromatic heterocycles. The summed E-state index contributed by atoms with van der Waals surface area (Å²) in [5.41, 5.74) is 2.12. The summed E-state index contributed by atoms with van der Waals surface area (Å²) in [7, 11) is 0. The van der Waals surface area contributed by atoms with E-state index in [1.807, 2.05) is 0 Å². The molecule has 1 aliphatic carbocycles. The van der Waals surface area contributed by atoms with Crippen molar-refractivity contribution in [2.24, 2.45) is 0 Å². The van der Waals surface area contributed by atoms with Crippen LogP contribution in [0, 0.1) is 24.7 Å². The number of allylic oxidation sites excluding steroid dienone is 2. The first kappa shape index (κ1) is 7.96. The predicted octanol–water partition coefficient (Wildman–Crippen LogP) is 2.51. The molecule has 56 valence electrons. The van der Waals surface area contributed by atoms with Gasteiger partial charge in [0.15, 0.2) is 0 Å². The fourth-order valence-electron chi connectivity index (χ4n) is 1.47. The summed E-state index contributed by atoms with van der Waals surface area (Å²) in [4.78, 5) is 0. The Hall–Kier alpha value is -1.14. The number of terminal acetylenes is 2. The molecule has 1 saturated carbocycles. The molecule has 0 unspecified atom stereocenters. The third-order valence-corrected chi connectivity index (χ3v) is 2.10. The van der Waals surface area contributed by atoms with Crippen molar-refractivity contribution in [3.05, 3.63) is 11.1 Å². The first-order valence-corrected chi connectivity index (χ1v) is 4.03. The first-order valence-electron chi connectivity index (χ1n) is 4.03. The highest BCUT2D eigenvalue weighted by Crippen LogP contribution is 2.24. The van der Waals surface area contributed by atoms with Crippen LogP contribution in [-0.4, -0.2) is 0 Å². The Labute approximate surface area is 68.7 Å². The van der Waals surface area contributed by atoms with E-state index in [0.29, 0.717) is 0 Å². The minimum Gasteiger partial charge on any atom is -0.114 e. The third kappa shape index (κ3) is 1.89. The average Bonchev–Trinajstić information content (AvgIpc) is 2.09. The maximum absolute atomic E-state index is 5.26. The highest BCUT2D eigenvalue weighted by molar-refractivity contribution is 5.45. The van der Waals surface area contributed by atoms with Gasteiger partial charge in [-0.3, -0.25) is 0 Å². The van der Waals surface area contributed by atoms with Gasteiger partial charge in [-0.25, -0.2) is 0 Å². The maximum Gasteiger partial charge on any atom is 0.0730 e. The van der Waals surface area contributed by atoms with Gasteiger partial charge in [-0.15, -0.1) is 12.8 Å². The Balaban J connectivity index is 2.77. The second-order valence-electron chi connectivity index (χ2n) is 2.83. The third-order valence-electron chi connectivity index (χ3n) is 2.10. The van der Waals surface area contributed by atoms with Crippen LogP contribution in [0.25, 0.3) is 0 Å². The van der Waals surface area contributed by atoms with Crippen molar-refractivity contribution in [3.63, 3.8) is 0 Å². The Morgan fingerprint density at radius 1 is 1.00 bits per heavy atom. The van der Waals surface area contributed by atoms with E-state index in [9.17, 15) is 0 Å². The zero-order chi connectivity index (χ0) is 8.10. The Kier molecular flexibility index (Phi) is 2.82. The second kappa shape index (κ2) is 3.89. The van der Waals surface area contributed by atoms with Crippen LogP contribution < -0.4 is 0 Å². The zero-order valence-electron chi connectivity index (χ0n) is 6.69. The van der Waals surface area contributed by atoms with Gasteiger partial charge in [-0.2, -0.15) is 0 Å². The lowest BCUT2D eigenvalue weighted by atomic mass is 9.91. The van der Waals surface area contributed by atoms with Crippen LogP contribution in [0.4, 0.5) is 0 Å². The van der Waals surface area contributed by atoms with E-state index < -0.39 is 0 Å². The molecule has 0 radical (unpaired) electrons. The molecule has 0 heterocycles. The van der Waals surface area contributed by atoms with Crippen molar-refractivity contribution in [1.29, 1.82) is 0 Å². The number of hydrogen-bond acceptors (Lipinski definition) is 0. The molecule has 11 heavy (non-hydrogen) atoms. The van der Waals surface area contributed by atoms with Crippen molar-refractivity contribution >= 4 is 0 Å². The first-order chi connectivity index (χ1) is 5.38. The summed E-state index contributed by atoms with van der Waals surface area (Å²) in [6.45, 7) is 0. The van der Waals surface area contributed by atoms with E-state index in [2.05, 4.69) is 11.8 Å². The quantitative estimate of drug-likeness (QED) is 0.458. The summed E-state index contributed by atoms with van der Waals surface area (Å²) in [5, 5.41) is 0. The molecular formula is C11H12. The standard InChI is InChI=1S/C11H12/c1-3-10(4-2)11-8-6-5-7-9-11/h1-2H,5-9H2. The van der Waals surface area contributed by atoms with Crippen LogP contribution in [0.1, 0.15) is 32.1 Å². The van der Waals surface area contributed by atoms with Crippen LogP contribution in [-0.2, 0) is 0 Å². The van der Waals surface area contributed by atoms with Crippen LogP contribution in [0.3, 0.4) is 0 Å². The van der Waals surface area contributed by atoms with Crippen LogP contribution in [0.15, 0.2) is 11.1 Å². The number of rotatable bonds is 0. The van der Waals surface area contributed by atoms with Gasteiger partial charge in [0.1, 0.15) is 0 Å². The molecule has 0 spiro atoms. The summed E-state index contributed by atoms with van der Waals surface area (Å²) in [5.74, 6) is 5.13. The summed E-state index contributed by atoms with van der Waals surface area (Å²) >= 11 is 0. The molecule has 1 aliphatic rings. The fourth-order valence-corrected chi connectivity index (χ4v) is 1.47. The molecule has 0 aromatic carbocycles. The molecule has 0 N–H and O–H groups in total. The Morgan fingerprint density at radius 3 is 2.00 bits per heavy atom. The van der Waals surface area contributed by atoms with Crippen molar-refractivity contribution in [1.82, 2.24) is 0 Å². The zero-order valence-corrected chi connectivity index (χ0v) is 6.69. The monoisotopic (exact) mass is 144 g/mol. The maximum atomic E-state index is 5.26. The molecule has 0 saturated heterocycles. The molecule has 0 nitrogen and oxygen atoms in total. The molecule has 0 heteroatoms. The lowest BCUT2D eigenvalue weighted by molar-refractivity contribution is 0.597. The summed E-state index contributed by atoms with van der Waals surface area (Å²) in [6, 6.07) is 0. The Bertz CT molecular complexity index is 218. The minimum absolute atomic E-state index is 0.796. The van der Waals surface area contributed by atoms with Crippen molar-refractivity contribution in [2.75, 3.05) is 0 Å². The van der Waals surface area contributed by atoms with E-state index >= 15 is 0 Å². The van der Waals surface area contributed by atoms with Gasteiger partial charge in [0.05, 0.1) is 5.57 Å². The van der Waals surface area contributed by atoms with E-state index in [1.165, 1.54) is 24.8 Å². The molecule has 1 fully saturated rings. The van der Waals surface area contributed by atoms with E-state index in [-0.39, 0.29) is 0 Å². The lowest BCUT2D eigenvalue weighted by Gasteiger charge is -2.13. The van der Waals surface area contributed by atoms with Gasteiger partial charge in [0.25, 0.3) is 0 Å². The molecule has 0 atom stereocenters. The fraction of sp³-hybridized carbons (Fsp3) is 0.455. The van der Waals surface area contributed by atoms with Gasteiger partial charge >= 0.3 is 0 Å². The molecule has 0 aliphatic heterocycles. The largest absolute Gasteiger partial charge is 0.114 e. The van der Waals surface area contributed by atoms with Crippen LogP contribution >= 0.6 is 0 Å². The minimum atomic E-state index is 0.796. The SMILES string of the molecule is C#CC(C#C)=C1CCCCC1. The summed E-state index contributed by atoms with van der Waals surface area (Å²) in [6.07, 6.45) is 16.6. The Morgan fingerprint density at radius 2 is 1.55 bits per heavy atom. The molecule has 0 bridgehead atoms. The van der Waals surface area contributed by atoms with Crippen LogP contribution in [0.5, 0.6) is 0 Å². The molecule has 0 amide bonds. The molecule has 0 aromatic rings. The number of hydrogen-bond donors (Lipinski definition) is 0. The van der Waals surface area contributed by atoms with Crippen molar-refractivity contribution < 1.29 is 0 Å². The van der Waals surface area contributed by atoms with Gasteiger partial charge < -0.3 is 0 Å². The predicted molar refractivity (Wildman–Crippen MR) is 47.8 cm³/mol. The van der Waals surface area contributed by atoms with Gasteiger partial charge in [-0.1, -0.05) is 18.3 Å². The van der Waals surface area contributed by atoms with Gasteiger partial charge in [0, 0.05) is 0 Å². The normalized spacial score (nSPS) is 16.7. The van der Waals surface area contributed by atoms with E-state index in [4.69, 9.17) is 12.8 Å².